The van der Waals surface area contributed by atoms with Gasteiger partial charge in [-0.25, -0.2) is 4.39 Å². The van der Waals surface area contributed by atoms with E-state index in [4.69, 9.17) is 11.6 Å². The van der Waals surface area contributed by atoms with Gasteiger partial charge in [0.1, 0.15) is 5.82 Å². The molecule has 25 heavy (non-hydrogen) atoms. The van der Waals surface area contributed by atoms with Crippen molar-refractivity contribution in [2.45, 2.75) is 40.2 Å². The van der Waals surface area contributed by atoms with E-state index in [-0.39, 0.29) is 16.9 Å². The first-order chi connectivity index (χ1) is 12.0. The first kappa shape index (κ1) is 22.9. The molecular weight excluding hydrogens is 341 g/mol. The van der Waals surface area contributed by atoms with Crippen molar-refractivity contribution in [2.24, 2.45) is 0 Å². The lowest BCUT2D eigenvalue weighted by Crippen LogP contribution is -2.01. The maximum Gasteiger partial charge on any atom is 0.293 e. The summed E-state index contributed by atoms with van der Waals surface area (Å²) in [5, 5.41) is 3.24. The normalized spacial score (nSPS) is 12.5. The summed E-state index contributed by atoms with van der Waals surface area (Å²) >= 11 is 5.78. The third kappa shape index (κ3) is 9.11. The Bertz CT molecular complexity index is 622. The summed E-state index contributed by atoms with van der Waals surface area (Å²) in [7, 11) is 1.88. The SMILES string of the molecule is CC.CC(C)OC=O.CNC1=CC=C(c2ccc(F)c(Cl)c2)CC=C1. The van der Waals surface area contributed by atoms with Crippen molar-refractivity contribution in [3.05, 3.63) is 64.6 Å². The zero-order valence-electron chi connectivity index (χ0n) is 15.5. The summed E-state index contributed by atoms with van der Waals surface area (Å²) < 4.78 is 17.4. The maximum atomic E-state index is 13.1. The molecule has 0 aliphatic heterocycles. The number of ether oxygens (including phenoxy) is 1. The quantitative estimate of drug-likeness (QED) is 0.712. The average Bonchev–Trinajstić information content (AvgIpc) is 2.85. The van der Waals surface area contributed by atoms with E-state index in [1.807, 2.05) is 39.1 Å². The Morgan fingerprint density at radius 3 is 2.44 bits per heavy atom. The number of halogens is 2. The van der Waals surface area contributed by atoms with Gasteiger partial charge in [-0.3, -0.25) is 4.79 Å². The molecule has 3 nitrogen and oxygen atoms in total. The minimum Gasteiger partial charge on any atom is -0.465 e. The zero-order valence-corrected chi connectivity index (χ0v) is 16.2. The van der Waals surface area contributed by atoms with Crippen molar-refractivity contribution in [3.8, 4) is 0 Å². The topological polar surface area (TPSA) is 38.3 Å². The predicted octanol–water partition coefficient (Wildman–Crippen LogP) is 5.52. The van der Waals surface area contributed by atoms with Crippen LogP contribution in [-0.2, 0) is 9.53 Å². The van der Waals surface area contributed by atoms with E-state index >= 15 is 0 Å². The molecule has 0 spiro atoms. The fraction of sp³-hybridized carbons (Fsp3) is 0.350. The molecule has 0 unspecified atom stereocenters. The van der Waals surface area contributed by atoms with Gasteiger partial charge >= 0.3 is 0 Å². The summed E-state index contributed by atoms with van der Waals surface area (Å²) in [6, 6.07) is 4.81. The molecule has 1 N–H and O–H groups in total. The van der Waals surface area contributed by atoms with E-state index < -0.39 is 0 Å². The second-order valence-corrected chi connectivity index (χ2v) is 5.49. The second-order valence-electron chi connectivity index (χ2n) is 5.08. The van der Waals surface area contributed by atoms with Gasteiger partial charge in [-0.1, -0.05) is 43.7 Å². The number of rotatable bonds is 4. The van der Waals surface area contributed by atoms with Crippen molar-refractivity contribution in [3.63, 3.8) is 0 Å². The molecule has 0 radical (unpaired) electrons. The van der Waals surface area contributed by atoms with Crippen molar-refractivity contribution in [1.29, 1.82) is 0 Å². The number of benzene rings is 1. The molecule has 1 aromatic rings. The third-order valence-corrected chi connectivity index (χ3v) is 3.30. The monoisotopic (exact) mass is 367 g/mol. The van der Waals surface area contributed by atoms with Crippen molar-refractivity contribution in [1.82, 2.24) is 5.32 Å². The maximum absolute atomic E-state index is 13.1. The summed E-state index contributed by atoms with van der Waals surface area (Å²) in [4.78, 5) is 9.39. The van der Waals surface area contributed by atoms with Crippen LogP contribution >= 0.6 is 11.6 Å². The largest absolute Gasteiger partial charge is 0.465 e. The molecule has 2 rings (SSSR count). The van der Waals surface area contributed by atoms with E-state index in [9.17, 15) is 9.18 Å². The van der Waals surface area contributed by atoms with Gasteiger partial charge in [0.2, 0.25) is 0 Å². The van der Waals surface area contributed by atoms with Gasteiger partial charge in [0.25, 0.3) is 6.47 Å². The number of allylic oxidation sites excluding steroid dienone is 5. The van der Waals surface area contributed by atoms with Crippen LogP contribution in [0.5, 0.6) is 0 Å². The first-order valence-corrected chi connectivity index (χ1v) is 8.65. The standard InChI is InChI=1S/C14H13ClFN.C4H8O2.C2H6/c1-17-12-4-2-3-10(5-7-12)11-6-8-14(16)13(15)9-11;1-4(2)6-3-5;1-2/h2,4-9,17H,3H2,1H3;3-4H,1-2H3;1-2H3. The highest BCUT2D eigenvalue weighted by molar-refractivity contribution is 6.30. The van der Waals surface area contributed by atoms with Gasteiger partial charge in [0.05, 0.1) is 11.1 Å². The molecule has 0 fully saturated rings. The molecule has 1 aromatic carbocycles. The lowest BCUT2D eigenvalue weighted by molar-refractivity contribution is -0.131. The van der Waals surface area contributed by atoms with E-state index in [0.717, 1.165) is 23.3 Å². The van der Waals surface area contributed by atoms with Crippen LogP contribution in [0.25, 0.3) is 5.57 Å². The van der Waals surface area contributed by atoms with E-state index in [2.05, 4.69) is 16.1 Å². The number of hydrogen-bond donors (Lipinski definition) is 1. The average molecular weight is 368 g/mol. The Morgan fingerprint density at radius 1 is 1.28 bits per heavy atom. The summed E-state index contributed by atoms with van der Waals surface area (Å²) in [5.74, 6) is -0.383. The van der Waals surface area contributed by atoms with Crippen LogP contribution in [0.15, 0.2) is 48.2 Å². The smallest absolute Gasteiger partial charge is 0.293 e. The van der Waals surface area contributed by atoms with Crippen LogP contribution < -0.4 is 5.32 Å². The van der Waals surface area contributed by atoms with Crippen LogP contribution in [0.4, 0.5) is 4.39 Å². The highest BCUT2D eigenvalue weighted by Crippen LogP contribution is 2.25. The predicted molar refractivity (Wildman–Crippen MR) is 104 cm³/mol. The molecule has 1 aliphatic rings. The van der Waals surface area contributed by atoms with Gasteiger partial charge in [-0.05, 0) is 55.7 Å². The lowest BCUT2D eigenvalue weighted by Gasteiger charge is -2.04. The Hall–Kier alpha value is -2.07. The molecule has 5 heteroatoms. The van der Waals surface area contributed by atoms with Crippen LogP contribution in [0.1, 0.15) is 39.7 Å². The Labute approximate surface area is 155 Å². The molecule has 0 saturated heterocycles. The van der Waals surface area contributed by atoms with E-state index in [1.54, 1.807) is 26.0 Å². The number of carbonyl (C=O) groups excluding carboxylic acids is 1. The third-order valence-electron chi connectivity index (χ3n) is 3.01. The lowest BCUT2D eigenvalue weighted by atomic mass is 10.0. The fourth-order valence-electron chi connectivity index (χ4n) is 1.81. The van der Waals surface area contributed by atoms with Gasteiger partial charge in [-0.15, -0.1) is 0 Å². The Balaban J connectivity index is 0.000000614. The molecular formula is C20H27ClFNO2. The fourth-order valence-corrected chi connectivity index (χ4v) is 2.00. The van der Waals surface area contributed by atoms with Crippen molar-refractivity contribution >= 4 is 23.6 Å². The van der Waals surface area contributed by atoms with Crippen LogP contribution in [0, 0.1) is 5.82 Å². The number of nitrogens with one attached hydrogen (secondary N) is 1. The molecule has 0 bridgehead atoms. The number of hydrogen-bond acceptors (Lipinski definition) is 3. The summed E-state index contributed by atoms with van der Waals surface area (Å²) in [6.45, 7) is 8.05. The summed E-state index contributed by atoms with van der Waals surface area (Å²) in [5.41, 5.74) is 3.12. The highest BCUT2D eigenvalue weighted by atomic mass is 35.5. The zero-order chi connectivity index (χ0) is 19.2. The Kier molecular flexibility index (Phi) is 12.1. The molecule has 0 atom stereocenters. The minimum absolute atomic E-state index is 0.0301. The van der Waals surface area contributed by atoms with Gasteiger partial charge in [0.15, 0.2) is 0 Å². The molecule has 0 aromatic heterocycles. The first-order valence-electron chi connectivity index (χ1n) is 8.27. The van der Waals surface area contributed by atoms with Crippen molar-refractivity contribution < 1.29 is 13.9 Å². The van der Waals surface area contributed by atoms with Gasteiger partial charge in [-0.2, -0.15) is 0 Å². The van der Waals surface area contributed by atoms with Crippen molar-refractivity contribution in [2.75, 3.05) is 7.05 Å². The molecule has 0 saturated carbocycles. The van der Waals surface area contributed by atoms with Crippen LogP contribution in [0.3, 0.4) is 0 Å². The van der Waals surface area contributed by atoms with Gasteiger partial charge in [0, 0.05) is 12.7 Å². The van der Waals surface area contributed by atoms with Gasteiger partial charge < -0.3 is 10.1 Å². The molecule has 0 amide bonds. The molecule has 1 aliphatic carbocycles. The van der Waals surface area contributed by atoms with E-state index in [0.29, 0.717) is 6.47 Å². The highest BCUT2D eigenvalue weighted by Gasteiger charge is 2.05. The van der Waals surface area contributed by atoms with E-state index in [1.165, 1.54) is 6.07 Å². The van der Waals surface area contributed by atoms with Crippen LogP contribution in [0.2, 0.25) is 5.02 Å². The minimum atomic E-state index is -0.383. The molecule has 0 heterocycles. The number of likely N-dealkylation sites (N-methyl/N-ethyl adjacent to an activating group) is 1. The molecule has 138 valence electrons. The number of carbonyl (C=O) groups is 1. The van der Waals surface area contributed by atoms with Crippen LogP contribution in [-0.4, -0.2) is 19.6 Å². The second kappa shape index (κ2) is 13.2. The Morgan fingerprint density at radius 2 is 1.96 bits per heavy atom. The summed E-state index contributed by atoms with van der Waals surface area (Å²) in [6.07, 6.45) is 8.95.